The SMILES string of the molecule is Cc1cc(-n2nc3c(c2-n2ccn(-c4ccc5c(c4)CCC(=O)N5C)c2=O)C(C)N(C(=O)c2cc4cc(C5CCOCC5)ccc4n2C2(c4noc(=O)[nH]4)CC2C)CC3)cc(C)c1F. The Morgan fingerprint density at radius 2 is 1.66 bits per heavy atom. The number of ether oxygens (including phenoxy) is 1. The average molecular weight is 866 g/mol. The number of aromatic amines is 1. The lowest BCUT2D eigenvalue weighted by molar-refractivity contribution is -0.118. The Balaban J connectivity index is 1.05. The summed E-state index contributed by atoms with van der Waals surface area (Å²) in [5, 5.41) is 10.2. The number of nitrogens with zero attached hydrogens (tertiary/aromatic N) is 8. The van der Waals surface area contributed by atoms with E-state index in [0.717, 1.165) is 40.7 Å². The highest BCUT2D eigenvalue weighted by Gasteiger charge is 2.59. The quantitative estimate of drug-likeness (QED) is 0.189. The maximum absolute atomic E-state index is 15.5. The third kappa shape index (κ3) is 6.01. The molecule has 11 rings (SSSR count). The number of hydrogen-bond acceptors (Lipinski definition) is 8. The van der Waals surface area contributed by atoms with E-state index in [9.17, 15) is 14.4 Å². The number of halogens is 1. The molecule has 2 fully saturated rings. The summed E-state index contributed by atoms with van der Waals surface area (Å²) in [5.74, 6) is 0.0314. The van der Waals surface area contributed by atoms with Crippen molar-refractivity contribution in [1.29, 1.82) is 0 Å². The first-order chi connectivity index (χ1) is 30.8. The Labute approximate surface area is 366 Å². The number of imidazole rings is 1. The first kappa shape index (κ1) is 40.0. The fourth-order valence-electron chi connectivity index (χ4n) is 10.7. The van der Waals surface area contributed by atoms with Crippen LogP contribution in [0.25, 0.3) is 28.1 Å². The van der Waals surface area contributed by atoms with E-state index in [2.05, 4.69) is 35.3 Å². The predicted molar refractivity (Wildman–Crippen MR) is 236 cm³/mol. The van der Waals surface area contributed by atoms with Crippen LogP contribution in [0.4, 0.5) is 10.1 Å². The van der Waals surface area contributed by atoms with Crippen molar-refractivity contribution in [2.24, 2.45) is 5.92 Å². The first-order valence-corrected chi connectivity index (χ1v) is 22.0. The van der Waals surface area contributed by atoms with E-state index in [1.807, 2.05) is 40.7 Å². The fourth-order valence-corrected chi connectivity index (χ4v) is 10.7. The van der Waals surface area contributed by atoms with Crippen molar-refractivity contribution >= 4 is 28.4 Å². The highest BCUT2D eigenvalue weighted by Crippen LogP contribution is 2.56. The molecule has 0 radical (unpaired) electrons. The van der Waals surface area contributed by atoms with Crippen molar-refractivity contribution in [2.75, 3.05) is 31.7 Å². The number of anilines is 1. The summed E-state index contributed by atoms with van der Waals surface area (Å²) in [6, 6.07) is 16.9. The third-order valence-electron chi connectivity index (χ3n) is 14.3. The highest BCUT2D eigenvalue weighted by molar-refractivity contribution is 6.00. The molecule has 1 N–H and O–H groups in total. The van der Waals surface area contributed by atoms with Gasteiger partial charge in [-0.2, -0.15) is 5.10 Å². The average Bonchev–Trinajstić information content (AvgIpc) is 3.79. The van der Waals surface area contributed by atoms with Gasteiger partial charge in [0.05, 0.1) is 23.1 Å². The van der Waals surface area contributed by atoms with Gasteiger partial charge < -0.3 is 19.1 Å². The third-order valence-corrected chi connectivity index (χ3v) is 14.3. The van der Waals surface area contributed by atoms with E-state index in [0.29, 0.717) is 96.8 Å². The summed E-state index contributed by atoms with van der Waals surface area (Å²) in [4.78, 5) is 61.4. The Kier molecular flexibility index (Phi) is 9.14. The van der Waals surface area contributed by atoms with Crippen LogP contribution in [0.15, 0.2) is 81.1 Å². The van der Waals surface area contributed by atoms with Gasteiger partial charge >= 0.3 is 11.4 Å². The van der Waals surface area contributed by atoms with Gasteiger partial charge in [0.15, 0.2) is 5.82 Å². The lowest BCUT2D eigenvalue weighted by atomic mass is 9.91. The second-order valence-electron chi connectivity index (χ2n) is 18.0. The number of H-pyrrole nitrogens is 1. The van der Waals surface area contributed by atoms with Crippen LogP contribution in [-0.2, 0) is 27.9 Å². The van der Waals surface area contributed by atoms with E-state index in [4.69, 9.17) is 14.4 Å². The van der Waals surface area contributed by atoms with Crippen molar-refractivity contribution < 1.29 is 23.2 Å². The molecule has 1 saturated carbocycles. The van der Waals surface area contributed by atoms with Crippen LogP contribution < -0.4 is 16.3 Å². The molecule has 328 valence electrons. The number of amides is 2. The maximum Gasteiger partial charge on any atom is 0.438 e. The number of fused-ring (bicyclic) bond motifs is 3. The van der Waals surface area contributed by atoms with Gasteiger partial charge in [-0.15, -0.1) is 0 Å². The molecule has 3 unspecified atom stereocenters. The molecule has 2 amide bonds. The number of nitrogens with one attached hydrogen (secondary N) is 1. The van der Waals surface area contributed by atoms with Crippen molar-refractivity contribution in [2.45, 2.75) is 83.7 Å². The summed E-state index contributed by atoms with van der Waals surface area (Å²) in [5.41, 5.74) is 6.61. The number of rotatable bonds is 7. The van der Waals surface area contributed by atoms with E-state index >= 15 is 9.18 Å². The number of hydrogen-bond donors (Lipinski definition) is 1. The van der Waals surface area contributed by atoms with Gasteiger partial charge in [-0.25, -0.2) is 18.7 Å². The minimum atomic E-state index is -0.824. The smallest absolute Gasteiger partial charge is 0.381 e. The van der Waals surface area contributed by atoms with Gasteiger partial charge in [0.25, 0.3) is 5.91 Å². The molecule has 3 aromatic carbocycles. The molecule has 4 aliphatic rings. The van der Waals surface area contributed by atoms with Crippen LogP contribution in [0.5, 0.6) is 0 Å². The van der Waals surface area contributed by atoms with Gasteiger partial charge in [0.1, 0.15) is 22.9 Å². The zero-order chi connectivity index (χ0) is 44.3. The van der Waals surface area contributed by atoms with Crippen LogP contribution >= 0.6 is 0 Å². The summed E-state index contributed by atoms with van der Waals surface area (Å²) in [7, 11) is 1.76. The second-order valence-corrected chi connectivity index (χ2v) is 18.0. The Bertz CT molecular complexity index is 3170. The molecule has 0 bridgehead atoms. The molecule has 1 saturated heterocycles. The molecule has 16 heteroatoms. The minimum absolute atomic E-state index is 0.0258. The number of aromatic nitrogens is 7. The molecule has 4 aromatic heterocycles. The standard InChI is InChI=1S/C48H48FN9O6/c1-26-20-35(21-27(2)42(26)49)58-43(56-17-16-55(47(56)62)34-8-10-37-32(23-34)7-11-40(59)53(37)5)41-29(4)54(15-12-36(41)51-58)44(60)39-24-33-22-31(30-13-18-63-19-14-30)6-9-38(33)57(39)48(25-28(48)3)45-50-46(61)64-52-45/h6,8-10,16-17,20-24,28-30H,7,11-15,18-19,25H2,1-5H3,(H,50,52,61). The van der Waals surface area contributed by atoms with Crippen LogP contribution in [0.3, 0.4) is 0 Å². The van der Waals surface area contributed by atoms with E-state index in [1.54, 1.807) is 64.1 Å². The number of aryl methyl sites for hydroxylation is 3. The Morgan fingerprint density at radius 3 is 2.38 bits per heavy atom. The van der Waals surface area contributed by atoms with E-state index < -0.39 is 17.3 Å². The summed E-state index contributed by atoms with van der Waals surface area (Å²) < 4.78 is 32.7. The topological polar surface area (TPSA) is 158 Å². The van der Waals surface area contributed by atoms with Crippen LogP contribution in [0.1, 0.15) is 101 Å². The Hall–Kier alpha value is -6.81. The number of benzene rings is 3. The predicted octanol–water partition coefficient (Wildman–Crippen LogP) is 6.55. The minimum Gasteiger partial charge on any atom is -0.381 e. The Morgan fingerprint density at radius 1 is 0.906 bits per heavy atom. The fraction of sp³-hybridized carbons (Fsp3) is 0.375. The number of carbonyl (C=O) groups excluding carboxylic acids is 2. The highest BCUT2D eigenvalue weighted by atomic mass is 19.1. The van der Waals surface area contributed by atoms with Gasteiger partial charge in [-0.05, 0) is 129 Å². The van der Waals surface area contributed by atoms with Crippen molar-refractivity contribution in [3.05, 3.63) is 139 Å². The molecule has 7 heterocycles. The summed E-state index contributed by atoms with van der Waals surface area (Å²) in [6.07, 6.45) is 7.22. The van der Waals surface area contributed by atoms with E-state index in [-0.39, 0.29) is 29.2 Å². The maximum atomic E-state index is 15.5. The van der Waals surface area contributed by atoms with Crippen molar-refractivity contribution in [1.82, 2.24) is 38.5 Å². The molecule has 1 aliphatic carbocycles. The summed E-state index contributed by atoms with van der Waals surface area (Å²) in [6.45, 7) is 9.18. The van der Waals surface area contributed by atoms with Gasteiger partial charge in [0, 0.05) is 74.2 Å². The first-order valence-electron chi connectivity index (χ1n) is 22.0. The molecule has 7 aromatic rings. The normalized spacial score (nSPS) is 21.1. The molecule has 64 heavy (non-hydrogen) atoms. The lowest BCUT2D eigenvalue weighted by Gasteiger charge is -2.34. The van der Waals surface area contributed by atoms with Crippen LogP contribution in [-0.4, -0.2) is 77.1 Å². The number of carbonyl (C=O) groups is 2. The zero-order valence-electron chi connectivity index (χ0n) is 36.4. The monoisotopic (exact) mass is 865 g/mol. The second kappa shape index (κ2) is 14.6. The molecule has 3 atom stereocenters. The molecular formula is C48H48FN9O6. The molecule has 15 nitrogen and oxygen atoms in total. The van der Waals surface area contributed by atoms with Crippen LogP contribution in [0, 0.1) is 25.6 Å². The van der Waals surface area contributed by atoms with Gasteiger partial charge in [-0.1, -0.05) is 18.1 Å². The van der Waals surface area contributed by atoms with E-state index in [1.165, 1.54) is 5.56 Å². The van der Waals surface area contributed by atoms with Gasteiger partial charge in [-0.3, -0.25) is 28.2 Å². The molecule has 0 spiro atoms. The van der Waals surface area contributed by atoms with Crippen molar-refractivity contribution in [3.63, 3.8) is 0 Å². The zero-order valence-corrected chi connectivity index (χ0v) is 36.4. The lowest BCUT2D eigenvalue weighted by Crippen LogP contribution is -2.41. The van der Waals surface area contributed by atoms with Crippen LogP contribution in [0.2, 0.25) is 0 Å². The largest absolute Gasteiger partial charge is 0.438 e. The summed E-state index contributed by atoms with van der Waals surface area (Å²) >= 11 is 0. The molecule has 3 aliphatic heterocycles. The van der Waals surface area contributed by atoms with Crippen molar-refractivity contribution in [3.8, 4) is 17.2 Å². The van der Waals surface area contributed by atoms with Gasteiger partial charge in [0.2, 0.25) is 5.91 Å². The molecular weight excluding hydrogens is 818 g/mol.